The van der Waals surface area contributed by atoms with Crippen LogP contribution in [-0.4, -0.2) is 5.91 Å². The summed E-state index contributed by atoms with van der Waals surface area (Å²) in [4.78, 5) is 13.6. The van der Waals surface area contributed by atoms with E-state index in [1.165, 1.54) is 17.4 Å². The molecule has 0 aliphatic carbocycles. The first-order chi connectivity index (χ1) is 14.8. The van der Waals surface area contributed by atoms with E-state index in [0.29, 0.717) is 16.9 Å². The average Bonchev–Trinajstić information content (AvgIpc) is 3.12. The first-order valence-electron chi connectivity index (χ1n) is 9.81. The predicted molar refractivity (Wildman–Crippen MR) is 118 cm³/mol. The molecule has 0 aliphatic rings. The van der Waals surface area contributed by atoms with Crippen LogP contribution in [0.25, 0.3) is 10.1 Å². The molecule has 4 aromatic rings. The highest BCUT2D eigenvalue weighted by atomic mass is 32.1. The van der Waals surface area contributed by atoms with E-state index in [0.717, 1.165) is 38.9 Å². The minimum absolute atomic E-state index is 0.0287. The fourth-order valence-electron chi connectivity index (χ4n) is 3.49. The maximum atomic E-state index is 13.0. The molecule has 0 bridgehead atoms. The lowest BCUT2D eigenvalue weighted by molar-refractivity contribution is -0.137. The second-order valence-corrected chi connectivity index (χ2v) is 8.50. The third-order valence-corrected chi connectivity index (χ3v) is 6.33. The molecule has 0 saturated heterocycles. The molecule has 0 atom stereocenters. The zero-order chi connectivity index (χ0) is 22.0. The van der Waals surface area contributed by atoms with E-state index < -0.39 is 11.7 Å². The fraction of sp³-hybridized carbons (Fsp3) is 0.160. The summed E-state index contributed by atoms with van der Waals surface area (Å²) < 4.78 is 39.9. The summed E-state index contributed by atoms with van der Waals surface area (Å²) in [5, 5.41) is 3.82. The molecule has 2 nitrogen and oxygen atoms in total. The number of nitrogens with one attached hydrogen (secondary N) is 1. The van der Waals surface area contributed by atoms with Crippen molar-refractivity contribution in [1.82, 2.24) is 5.32 Å². The van der Waals surface area contributed by atoms with Crippen LogP contribution in [0, 0.1) is 6.92 Å². The number of hydrogen-bond donors (Lipinski definition) is 1. The largest absolute Gasteiger partial charge is 0.416 e. The second-order valence-electron chi connectivity index (χ2n) is 7.45. The van der Waals surface area contributed by atoms with Crippen LogP contribution in [0.4, 0.5) is 13.2 Å². The molecule has 1 amide bonds. The quantitative estimate of drug-likeness (QED) is 0.366. The van der Waals surface area contributed by atoms with Crippen molar-refractivity contribution in [2.45, 2.75) is 26.1 Å². The van der Waals surface area contributed by atoms with E-state index in [1.54, 1.807) is 6.07 Å². The highest BCUT2D eigenvalue weighted by Crippen LogP contribution is 2.33. The van der Waals surface area contributed by atoms with Gasteiger partial charge < -0.3 is 5.32 Å². The Hall–Kier alpha value is -3.12. The molecule has 4 rings (SSSR count). The molecule has 6 heteroatoms. The van der Waals surface area contributed by atoms with Gasteiger partial charge in [0, 0.05) is 11.2 Å². The molecule has 0 aliphatic heterocycles. The minimum Gasteiger partial charge on any atom is -0.347 e. The Balaban J connectivity index is 1.60. The zero-order valence-corrected chi connectivity index (χ0v) is 17.6. The van der Waals surface area contributed by atoms with Crippen LogP contribution in [0.2, 0.25) is 0 Å². The summed E-state index contributed by atoms with van der Waals surface area (Å²) in [6.45, 7) is 2.05. The molecule has 3 aromatic carbocycles. The summed E-state index contributed by atoms with van der Waals surface area (Å²) in [5.74, 6) is -0.277. The standard InChI is InChI=1S/C25H20F3NOS/c1-16-9-11-17(12-10-16)14-21-20-7-2-3-8-22(20)31-23(21)24(30)29-15-18-5-4-6-19(13-18)25(26,27)28/h2-13H,14-15H2,1H3,(H,29,30). The molecule has 0 fully saturated rings. The van der Waals surface area contributed by atoms with Crippen LogP contribution in [0.5, 0.6) is 0 Å². The number of alkyl halides is 3. The lowest BCUT2D eigenvalue weighted by Gasteiger charge is -2.10. The first kappa shape index (κ1) is 21.1. The van der Waals surface area contributed by atoms with Gasteiger partial charge in [-0.2, -0.15) is 13.2 Å². The third-order valence-electron chi connectivity index (χ3n) is 5.11. The zero-order valence-electron chi connectivity index (χ0n) is 16.8. The molecule has 0 radical (unpaired) electrons. The minimum atomic E-state index is -4.41. The molecule has 158 valence electrons. The number of aryl methyl sites for hydroxylation is 1. The van der Waals surface area contributed by atoms with Gasteiger partial charge in [0.2, 0.25) is 0 Å². The van der Waals surface area contributed by atoms with Gasteiger partial charge in [0.15, 0.2) is 0 Å². The summed E-state index contributed by atoms with van der Waals surface area (Å²) in [5.41, 5.74) is 2.88. The Morgan fingerprint density at radius 3 is 2.42 bits per heavy atom. The summed E-state index contributed by atoms with van der Waals surface area (Å²) in [6, 6.07) is 21.0. The maximum Gasteiger partial charge on any atom is 0.416 e. The average molecular weight is 440 g/mol. The molecule has 0 spiro atoms. The normalized spacial score (nSPS) is 11.6. The van der Waals surface area contributed by atoms with Crippen molar-refractivity contribution < 1.29 is 18.0 Å². The van der Waals surface area contributed by atoms with Gasteiger partial charge in [-0.15, -0.1) is 11.3 Å². The fourth-order valence-corrected chi connectivity index (χ4v) is 4.63. The summed E-state index contributed by atoms with van der Waals surface area (Å²) >= 11 is 1.40. The Morgan fingerprint density at radius 2 is 1.68 bits per heavy atom. The second kappa shape index (κ2) is 8.55. The third kappa shape index (κ3) is 4.80. The van der Waals surface area contributed by atoms with Crippen LogP contribution < -0.4 is 5.32 Å². The first-order valence-corrected chi connectivity index (χ1v) is 10.6. The monoisotopic (exact) mass is 439 g/mol. The number of thiophene rings is 1. The SMILES string of the molecule is Cc1ccc(Cc2c(C(=O)NCc3cccc(C(F)(F)F)c3)sc3ccccc23)cc1. The molecule has 0 saturated carbocycles. The van der Waals surface area contributed by atoms with Gasteiger partial charge in [0.1, 0.15) is 0 Å². The predicted octanol–water partition coefficient (Wildman–Crippen LogP) is 6.75. The van der Waals surface area contributed by atoms with Crippen molar-refractivity contribution >= 4 is 27.3 Å². The lowest BCUT2D eigenvalue weighted by Crippen LogP contribution is -2.23. The number of hydrogen-bond acceptors (Lipinski definition) is 2. The van der Waals surface area contributed by atoms with Gasteiger partial charge in [-0.3, -0.25) is 4.79 Å². The summed E-state index contributed by atoms with van der Waals surface area (Å²) in [7, 11) is 0. The van der Waals surface area contributed by atoms with Crippen LogP contribution in [0.1, 0.15) is 37.5 Å². The Bertz CT molecular complexity index is 1230. The van der Waals surface area contributed by atoms with Crippen LogP contribution in [0.3, 0.4) is 0 Å². The topological polar surface area (TPSA) is 29.1 Å². The van der Waals surface area contributed by atoms with Crippen LogP contribution >= 0.6 is 11.3 Å². The Labute approximate surface area is 182 Å². The van der Waals surface area contributed by atoms with Gasteiger partial charge in [-0.05, 0) is 53.6 Å². The van der Waals surface area contributed by atoms with Gasteiger partial charge in [0.25, 0.3) is 5.91 Å². The molecule has 1 aromatic heterocycles. The number of rotatable bonds is 5. The molecule has 1 heterocycles. The smallest absolute Gasteiger partial charge is 0.347 e. The lowest BCUT2D eigenvalue weighted by atomic mass is 10.0. The van der Waals surface area contributed by atoms with Gasteiger partial charge >= 0.3 is 6.18 Å². The van der Waals surface area contributed by atoms with Gasteiger partial charge in [0.05, 0.1) is 10.4 Å². The van der Waals surface area contributed by atoms with E-state index in [9.17, 15) is 18.0 Å². The number of carbonyl (C=O) groups is 1. The highest BCUT2D eigenvalue weighted by Gasteiger charge is 2.30. The summed E-state index contributed by atoms with van der Waals surface area (Å²) in [6.07, 6.45) is -3.80. The maximum absolute atomic E-state index is 13.0. The van der Waals surface area contributed by atoms with Gasteiger partial charge in [-0.25, -0.2) is 0 Å². The van der Waals surface area contributed by atoms with Crippen LogP contribution in [-0.2, 0) is 19.1 Å². The number of carbonyl (C=O) groups excluding carboxylic acids is 1. The molecule has 31 heavy (non-hydrogen) atoms. The van der Waals surface area contributed by atoms with Crippen molar-refractivity contribution in [2.75, 3.05) is 0 Å². The van der Waals surface area contributed by atoms with Gasteiger partial charge in [-0.1, -0.05) is 60.2 Å². The van der Waals surface area contributed by atoms with Crippen molar-refractivity contribution in [2.24, 2.45) is 0 Å². The molecule has 0 unspecified atom stereocenters. The highest BCUT2D eigenvalue weighted by molar-refractivity contribution is 7.21. The van der Waals surface area contributed by atoms with E-state index in [-0.39, 0.29) is 12.5 Å². The van der Waals surface area contributed by atoms with Crippen molar-refractivity contribution in [3.05, 3.63) is 105 Å². The van der Waals surface area contributed by atoms with E-state index in [2.05, 4.69) is 5.32 Å². The molecular weight excluding hydrogens is 419 g/mol. The van der Waals surface area contributed by atoms with E-state index in [1.807, 2.05) is 55.5 Å². The Morgan fingerprint density at radius 1 is 0.935 bits per heavy atom. The van der Waals surface area contributed by atoms with Crippen molar-refractivity contribution in [3.63, 3.8) is 0 Å². The van der Waals surface area contributed by atoms with E-state index in [4.69, 9.17) is 0 Å². The molecule has 1 N–H and O–H groups in total. The van der Waals surface area contributed by atoms with Crippen molar-refractivity contribution in [3.8, 4) is 0 Å². The molecular formula is C25H20F3NOS. The number of benzene rings is 3. The Kier molecular flexibility index (Phi) is 5.83. The van der Waals surface area contributed by atoms with E-state index >= 15 is 0 Å². The number of amides is 1. The van der Waals surface area contributed by atoms with Crippen LogP contribution in [0.15, 0.2) is 72.8 Å². The number of fused-ring (bicyclic) bond motifs is 1. The number of halogens is 3. The van der Waals surface area contributed by atoms with Crippen molar-refractivity contribution in [1.29, 1.82) is 0 Å².